The fourth-order valence-corrected chi connectivity index (χ4v) is 4.39. The molecule has 3 rings (SSSR count). The number of aromatic nitrogens is 3. The monoisotopic (exact) mass is 356 g/mol. The van der Waals surface area contributed by atoms with Crippen LogP contribution in [0.4, 0.5) is 8.78 Å². The van der Waals surface area contributed by atoms with Gasteiger partial charge in [-0.05, 0) is 44.0 Å². The van der Waals surface area contributed by atoms with Crippen molar-refractivity contribution < 1.29 is 17.2 Å². The largest absolute Gasteiger partial charge is 0.303 e. The number of likely N-dealkylation sites (tertiary alicyclic amines) is 1. The maximum atomic E-state index is 13.6. The molecular weight excluding hydrogens is 338 g/mol. The molecule has 1 saturated heterocycles. The highest BCUT2D eigenvalue weighted by atomic mass is 32.2. The average molecular weight is 356 g/mol. The topological polar surface area (TPSA) is 68.1 Å². The van der Waals surface area contributed by atoms with E-state index in [2.05, 4.69) is 15.0 Å². The second-order valence-electron chi connectivity index (χ2n) is 5.84. The Morgan fingerprint density at radius 1 is 1.21 bits per heavy atom. The zero-order valence-electron chi connectivity index (χ0n) is 13.0. The number of piperidine rings is 1. The van der Waals surface area contributed by atoms with Crippen LogP contribution in [0.1, 0.15) is 18.4 Å². The van der Waals surface area contributed by atoms with Crippen LogP contribution in [-0.4, -0.2) is 52.4 Å². The fraction of sp³-hybridized carbons (Fsp3) is 0.467. The number of nitrogens with zero attached hydrogens (tertiary/aromatic N) is 4. The van der Waals surface area contributed by atoms with Crippen molar-refractivity contribution in [3.63, 3.8) is 0 Å². The van der Waals surface area contributed by atoms with Crippen LogP contribution in [0, 0.1) is 11.6 Å². The second kappa shape index (κ2) is 6.94. The highest BCUT2D eigenvalue weighted by molar-refractivity contribution is 7.90. The molecule has 0 amide bonds. The summed E-state index contributed by atoms with van der Waals surface area (Å²) >= 11 is 0. The first-order valence-electron chi connectivity index (χ1n) is 7.72. The maximum Gasteiger partial charge on any atom is 0.258 e. The Hall–Kier alpha value is -1.87. The zero-order chi connectivity index (χ0) is 17.2. The molecule has 1 aromatic heterocycles. The van der Waals surface area contributed by atoms with Gasteiger partial charge in [-0.3, -0.25) is 0 Å². The molecule has 1 aliphatic heterocycles. The number of rotatable bonds is 5. The van der Waals surface area contributed by atoms with E-state index in [0.29, 0.717) is 44.5 Å². The number of benzene rings is 1. The van der Waals surface area contributed by atoms with E-state index in [9.17, 15) is 17.2 Å². The Kier molecular flexibility index (Phi) is 4.91. The van der Waals surface area contributed by atoms with Gasteiger partial charge in [-0.2, -0.15) is 0 Å². The lowest BCUT2D eigenvalue weighted by molar-refractivity contribution is 0.231. The SMILES string of the molecule is O=S(=O)(C1CCN(CCc2ccc(F)cc2F)CC1)n1cncn1. The van der Waals surface area contributed by atoms with Gasteiger partial charge in [0.1, 0.15) is 24.3 Å². The van der Waals surface area contributed by atoms with Crippen molar-refractivity contribution in [3.8, 4) is 0 Å². The van der Waals surface area contributed by atoms with E-state index >= 15 is 0 Å². The minimum Gasteiger partial charge on any atom is -0.303 e. The number of halogens is 2. The lowest BCUT2D eigenvalue weighted by atomic mass is 10.1. The average Bonchev–Trinajstić information content (AvgIpc) is 3.10. The van der Waals surface area contributed by atoms with Crippen LogP contribution in [-0.2, 0) is 16.4 Å². The lowest BCUT2D eigenvalue weighted by Crippen LogP contribution is -2.41. The molecule has 24 heavy (non-hydrogen) atoms. The predicted molar refractivity (Wildman–Crippen MR) is 83.9 cm³/mol. The van der Waals surface area contributed by atoms with Gasteiger partial charge in [0.25, 0.3) is 10.0 Å². The molecule has 1 aliphatic rings. The van der Waals surface area contributed by atoms with E-state index in [1.807, 2.05) is 0 Å². The molecule has 0 radical (unpaired) electrons. The Balaban J connectivity index is 1.54. The molecule has 0 aliphatic carbocycles. The maximum absolute atomic E-state index is 13.6. The molecule has 1 fully saturated rings. The van der Waals surface area contributed by atoms with Crippen LogP contribution < -0.4 is 0 Å². The molecular formula is C15H18F2N4O2S. The van der Waals surface area contributed by atoms with Crippen LogP contribution in [0.15, 0.2) is 30.9 Å². The summed E-state index contributed by atoms with van der Waals surface area (Å²) in [5, 5.41) is 3.22. The van der Waals surface area contributed by atoms with Gasteiger partial charge in [0, 0.05) is 12.6 Å². The number of hydrogen-bond donors (Lipinski definition) is 0. The standard InChI is InChI=1S/C15H18F2N4O2S/c16-13-2-1-12(15(17)9-13)3-6-20-7-4-14(5-8-20)24(22,23)21-11-18-10-19-21/h1-2,9-11,14H,3-8H2. The van der Waals surface area contributed by atoms with Gasteiger partial charge < -0.3 is 4.90 Å². The van der Waals surface area contributed by atoms with Crippen LogP contribution in [0.2, 0.25) is 0 Å². The van der Waals surface area contributed by atoms with Gasteiger partial charge in [0.2, 0.25) is 0 Å². The summed E-state index contributed by atoms with van der Waals surface area (Å²) in [6.07, 6.45) is 3.84. The summed E-state index contributed by atoms with van der Waals surface area (Å²) < 4.78 is 52.2. The van der Waals surface area contributed by atoms with E-state index in [0.717, 1.165) is 10.2 Å². The third-order valence-corrected chi connectivity index (χ3v) is 6.35. The molecule has 9 heteroatoms. The lowest BCUT2D eigenvalue weighted by Gasteiger charge is -2.31. The molecule has 0 bridgehead atoms. The molecule has 0 spiro atoms. The smallest absolute Gasteiger partial charge is 0.258 e. The molecule has 0 atom stereocenters. The van der Waals surface area contributed by atoms with Crippen LogP contribution in [0.3, 0.4) is 0 Å². The molecule has 0 N–H and O–H groups in total. The number of hydrogen-bond acceptors (Lipinski definition) is 5. The highest BCUT2D eigenvalue weighted by Crippen LogP contribution is 2.20. The van der Waals surface area contributed by atoms with Gasteiger partial charge in [-0.15, -0.1) is 9.19 Å². The summed E-state index contributed by atoms with van der Waals surface area (Å²) in [5.41, 5.74) is 0.466. The Bertz CT molecular complexity index is 788. The third kappa shape index (κ3) is 3.62. The Morgan fingerprint density at radius 2 is 1.96 bits per heavy atom. The van der Waals surface area contributed by atoms with Crippen molar-refractivity contribution in [3.05, 3.63) is 48.1 Å². The van der Waals surface area contributed by atoms with Gasteiger partial charge in [-0.25, -0.2) is 22.2 Å². The molecule has 1 aromatic carbocycles. The molecule has 2 heterocycles. The van der Waals surface area contributed by atoms with E-state index in [1.54, 1.807) is 0 Å². The highest BCUT2D eigenvalue weighted by Gasteiger charge is 2.31. The van der Waals surface area contributed by atoms with Crippen molar-refractivity contribution in [1.29, 1.82) is 0 Å². The van der Waals surface area contributed by atoms with E-state index in [1.165, 1.54) is 24.8 Å². The van der Waals surface area contributed by atoms with Crippen molar-refractivity contribution in [2.75, 3.05) is 19.6 Å². The van der Waals surface area contributed by atoms with Gasteiger partial charge in [0.15, 0.2) is 0 Å². The van der Waals surface area contributed by atoms with Crippen molar-refractivity contribution in [1.82, 2.24) is 19.1 Å². The summed E-state index contributed by atoms with van der Waals surface area (Å²) in [4.78, 5) is 5.77. The first-order chi connectivity index (χ1) is 11.5. The van der Waals surface area contributed by atoms with Gasteiger partial charge >= 0.3 is 0 Å². The first kappa shape index (κ1) is 17.0. The Labute approximate surface area is 139 Å². The normalized spacial score (nSPS) is 17.2. The molecule has 130 valence electrons. The molecule has 0 unspecified atom stereocenters. The van der Waals surface area contributed by atoms with E-state index in [4.69, 9.17) is 0 Å². The second-order valence-corrected chi connectivity index (χ2v) is 7.91. The summed E-state index contributed by atoms with van der Waals surface area (Å²) in [5.74, 6) is -1.13. The predicted octanol–water partition coefficient (Wildman–Crippen LogP) is 1.44. The van der Waals surface area contributed by atoms with E-state index in [-0.39, 0.29) is 0 Å². The Morgan fingerprint density at radius 3 is 2.58 bits per heavy atom. The summed E-state index contributed by atoms with van der Waals surface area (Å²) in [6.45, 7) is 1.83. The minimum absolute atomic E-state index is 0.465. The van der Waals surface area contributed by atoms with Gasteiger partial charge in [0.05, 0.1) is 5.25 Å². The molecule has 0 saturated carbocycles. The third-order valence-electron chi connectivity index (χ3n) is 4.33. The van der Waals surface area contributed by atoms with Crippen molar-refractivity contribution in [2.45, 2.75) is 24.5 Å². The van der Waals surface area contributed by atoms with E-state index < -0.39 is 26.9 Å². The van der Waals surface area contributed by atoms with Crippen molar-refractivity contribution >= 4 is 10.0 Å². The van der Waals surface area contributed by atoms with Crippen LogP contribution >= 0.6 is 0 Å². The van der Waals surface area contributed by atoms with Crippen LogP contribution in [0.5, 0.6) is 0 Å². The van der Waals surface area contributed by atoms with Crippen molar-refractivity contribution in [2.24, 2.45) is 0 Å². The zero-order valence-corrected chi connectivity index (χ0v) is 13.8. The summed E-state index contributed by atoms with van der Waals surface area (Å²) in [7, 11) is -3.51. The molecule has 2 aromatic rings. The first-order valence-corrected chi connectivity index (χ1v) is 9.22. The minimum atomic E-state index is -3.51. The summed E-state index contributed by atoms with van der Waals surface area (Å²) in [6, 6.07) is 3.58. The quantitative estimate of drug-likeness (QED) is 0.811. The van der Waals surface area contributed by atoms with Gasteiger partial charge in [-0.1, -0.05) is 6.07 Å². The molecule has 6 nitrogen and oxygen atoms in total. The van der Waals surface area contributed by atoms with Crippen LogP contribution in [0.25, 0.3) is 0 Å². The fourth-order valence-electron chi connectivity index (χ4n) is 2.92.